The molecule has 1 rings (SSSR count). The number of carboxylic acid groups (broad SMARTS) is 2. The van der Waals surface area contributed by atoms with Gasteiger partial charge in [-0.3, -0.25) is 14.4 Å². The van der Waals surface area contributed by atoms with Crippen molar-refractivity contribution in [3.8, 4) is 0 Å². The van der Waals surface area contributed by atoms with Crippen molar-refractivity contribution in [1.29, 1.82) is 0 Å². The number of unbranched alkanes of at least 4 members (excludes halogenated alkanes) is 2. The summed E-state index contributed by atoms with van der Waals surface area (Å²) in [7, 11) is 0. The molecule has 0 bridgehead atoms. The largest absolute Gasteiger partial charge is 0.481 e. The van der Waals surface area contributed by atoms with Gasteiger partial charge in [-0.1, -0.05) is 13.3 Å². The van der Waals surface area contributed by atoms with Gasteiger partial charge in [0.15, 0.2) is 0 Å². The van der Waals surface area contributed by atoms with Crippen molar-refractivity contribution in [2.24, 2.45) is 11.8 Å². The third kappa shape index (κ3) is 6.04. The van der Waals surface area contributed by atoms with E-state index in [1.165, 1.54) is 0 Å². The third-order valence-corrected chi connectivity index (χ3v) is 3.47. The monoisotopic (exact) mass is 285 g/mol. The molecule has 114 valence electrons. The van der Waals surface area contributed by atoms with Crippen molar-refractivity contribution in [3.63, 3.8) is 0 Å². The first-order valence-corrected chi connectivity index (χ1v) is 7.15. The molecule has 1 unspecified atom stereocenters. The summed E-state index contributed by atoms with van der Waals surface area (Å²) in [5.41, 5.74) is 0. The molecule has 1 atom stereocenters. The van der Waals surface area contributed by atoms with Crippen molar-refractivity contribution in [2.45, 2.75) is 45.4 Å². The second-order valence-electron chi connectivity index (χ2n) is 5.50. The van der Waals surface area contributed by atoms with Crippen LogP contribution in [0.2, 0.25) is 0 Å². The lowest BCUT2D eigenvalue weighted by Crippen LogP contribution is -2.38. The zero-order valence-electron chi connectivity index (χ0n) is 11.9. The summed E-state index contributed by atoms with van der Waals surface area (Å²) in [4.78, 5) is 35.0. The van der Waals surface area contributed by atoms with Gasteiger partial charge < -0.3 is 15.1 Å². The molecule has 2 N–H and O–H groups in total. The van der Waals surface area contributed by atoms with Gasteiger partial charge in [0, 0.05) is 25.4 Å². The molecule has 1 aliphatic rings. The van der Waals surface area contributed by atoms with Crippen LogP contribution in [0, 0.1) is 11.8 Å². The molecular formula is C14H23NO5. The van der Waals surface area contributed by atoms with Crippen LogP contribution in [0.5, 0.6) is 0 Å². The quantitative estimate of drug-likeness (QED) is 0.594. The summed E-state index contributed by atoms with van der Waals surface area (Å²) < 4.78 is 0. The van der Waals surface area contributed by atoms with E-state index in [9.17, 15) is 14.4 Å². The first-order chi connectivity index (χ1) is 9.41. The molecular weight excluding hydrogens is 262 g/mol. The number of aliphatic carboxylic acids is 2. The second kappa shape index (κ2) is 7.87. The van der Waals surface area contributed by atoms with E-state index in [-0.39, 0.29) is 24.8 Å². The zero-order valence-corrected chi connectivity index (χ0v) is 11.9. The summed E-state index contributed by atoms with van der Waals surface area (Å²) in [6.45, 7) is 2.36. The minimum atomic E-state index is -0.899. The van der Waals surface area contributed by atoms with Gasteiger partial charge in [0.05, 0.1) is 5.92 Å². The predicted molar refractivity (Wildman–Crippen MR) is 72.2 cm³/mol. The lowest BCUT2D eigenvalue weighted by atomic mass is 10.1. The Hall–Kier alpha value is -1.59. The molecule has 1 amide bonds. The van der Waals surface area contributed by atoms with E-state index >= 15 is 0 Å². The van der Waals surface area contributed by atoms with E-state index in [0.717, 1.165) is 25.7 Å². The zero-order chi connectivity index (χ0) is 15.1. The first-order valence-electron chi connectivity index (χ1n) is 7.15. The Morgan fingerprint density at radius 2 is 1.80 bits per heavy atom. The van der Waals surface area contributed by atoms with Gasteiger partial charge >= 0.3 is 11.9 Å². The molecule has 20 heavy (non-hydrogen) atoms. The molecule has 6 heteroatoms. The molecule has 0 aromatic carbocycles. The Bertz CT molecular complexity index is 365. The fourth-order valence-corrected chi connectivity index (χ4v) is 2.04. The number of carboxylic acids is 2. The van der Waals surface area contributed by atoms with Gasteiger partial charge in [-0.15, -0.1) is 0 Å². The van der Waals surface area contributed by atoms with Crippen LogP contribution >= 0.6 is 0 Å². The van der Waals surface area contributed by atoms with Crippen LogP contribution in [0.15, 0.2) is 0 Å². The average Bonchev–Trinajstić information content (AvgIpc) is 3.19. The van der Waals surface area contributed by atoms with Crippen LogP contribution in [-0.2, 0) is 14.4 Å². The average molecular weight is 285 g/mol. The van der Waals surface area contributed by atoms with Gasteiger partial charge in [0.25, 0.3) is 0 Å². The molecule has 1 aliphatic carbocycles. The Morgan fingerprint density at radius 1 is 1.15 bits per heavy atom. The molecule has 0 radical (unpaired) electrons. The van der Waals surface area contributed by atoms with Crippen LogP contribution in [0.4, 0.5) is 0 Å². The molecule has 0 aliphatic heterocycles. The van der Waals surface area contributed by atoms with Crippen LogP contribution in [0.25, 0.3) is 0 Å². The summed E-state index contributed by atoms with van der Waals surface area (Å²) >= 11 is 0. The summed E-state index contributed by atoms with van der Waals surface area (Å²) in [5.74, 6) is -2.15. The molecule has 0 aromatic rings. The predicted octanol–water partition coefficient (Wildman–Crippen LogP) is 1.59. The maximum atomic E-state index is 12.1. The number of carbonyl (C=O) groups is 3. The number of hydrogen-bond acceptors (Lipinski definition) is 3. The van der Waals surface area contributed by atoms with Crippen molar-refractivity contribution < 1.29 is 24.6 Å². The Labute approximate surface area is 118 Å². The lowest BCUT2D eigenvalue weighted by Gasteiger charge is -2.24. The minimum absolute atomic E-state index is 0.0522. The SMILES string of the molecule is CC(CN(CCCCCC(=O)O)C(=O)C1CC1)C(=O)O. The van der Waals surface area contributed by atoms with E-state index < -0.39 is 17.9 Å². The molecule has 6 nitrogen and oxygen atoms in total. The molecule has 0 saturated heterocycles. The second-order valence-corrected chi connectivity index (χ2v) is 5.50. The van der Waals surface area contributed by atoms with E-state index in [0.29, 0.717) is 13.0 Å². The summed E-state index contributed by atoms with van der Waals surface area (Å²) in [6, 6.07) is 0. The number of rotatable bonds is 10. The summed E-state index contributed by atoms with van der Waals surface area (Å²) in [5, 5.41) is 17.5. The number of hydrogen-bond donors (Lipinski definition) is 2. The van der Waals surface area contributed by atoms with Gasteiger partial charge in [-0.05, 0) is 25.7 Å². The highest BCUT2D eigenvalue weighted by molar-refractivity contribution is 5.81. The highest BCUT2D eigenvalue weighted by Crippen LogP contribution is 2.31. The van der Waals surface area contributed by atoms with Crippen LogP contribution < -0.4 is 0 Å². The Kier molecular flexibility index (Phi) is 6.48. The normalized spacial score (nSPS) is 15.7. The highest BCUT2D eigenvalue weighted by Gasteiger charge is 2.34. The van der Waals surface area contributed by atoms with E-state index in [2.05, 4.69) is 0 Å². The van der Waals surface area contributed by atoms with Crippen molar-refractivity contribution in [3.05, 3.63) is 0 Å². The Balaban J connectivity index is 2.35. The first kappa shape index (κ1) is 16.5. The van der Waals surface area contributed by atoms with Gasteiger partial charge in [0.2, 0.25) is 5.91 Å². The fourth-order valence-electron chi connectivity index (χ4n) is 2.04. The van der Waals surface area contributed by atoms with Crippen molar-refractivity contribution in [2.75, 3.05) is 13.1 Å². The number of nitrogens with zero attached hydrogens (tertiary/aromatic N) is 1. The number of carbonyl (C=O) groups excluding carboxylic acids is 1. The minimum Gasteiger partial charge on any atom is -0.481 e. The molecule has 0 heterocycles. The van der Waals surface area contributed by atoms with Gasteiger partial charge in [-0.25, -0.2) is 0 Å². The molecule has 0 spiro atoms. The maximum Gasteiger partial charge on any atom is 0.308 e. The lowest BCUT2D eigenvalue weighted by molar-refractivity contribution is -0.143. The van der Waals surface area contributed by atoms with Crippen LogP contribution in [-0.4, -0.2) is 46.0 Å². The van der Waals surface area contributed by atoms with Crippen molar-refractivity contribution >= 4 is 17.8 Å². The van der Waals surface area contributed by atoms with Gasteiger partial charge in [0.1, 0.15) is 0 Å². The van der Waals surface area contributed by atoms with Crippen molar-refractivity contribution in [1.82, 2.24) is 4.90 Å². The molecule has 1 fully saturated rings. The van der Waals surface area contributed by atoms with Crippen LogP contribution in [0.3, 0.4) is 0 Å². The Morgan fingerprint density at radius 3 is 2.30 bits per heavy atom. The standard InChI is InChI=1S/C14H23NO5/c1-10(14(19)20)9-15(13(18)11-6-7-11)8-4-2-3-5-12(16)17/h10-11H,2-9H2,1H3,(H,16,17)(H,19,20). The summed E-state index contributed by atoms with van der Waals surface area (Å²) in [6.07, 6.45) is 3.99. The maximum absolute atomic E-state index is 12.1. The molecule has 1 saturated carbocycles. The third-order valence-electron chi connectivity index (χ3n) is 3.47. The molecule has 0 aromatic heterocycles. The highest BCUT2D eigenvalue weighted by atomic mass is 16.4. The van der Waals surface area contributed by atoms with Gasteiger partial charge in [-0.2, -0.15) is 0 Å². The van der Waals surface area contributed by atoms with Crippen LogP contribution in [0.1, 0.15) is 45.4 Å². The van der Waals surface area contributed by atoms with E-state index in [4.69, 9.17) is 10.2 Å². The van der Waals surface area contributed by atoms with E-state index in [1.54, 1.807) is 11.8 Å². The smallest absolute Gasteiger partial charge is 0.308 e. The van der Waals surface area contributed by atoms with E-state index in [1.807, 2.05) is 0 Å². The fraction of sp³-hybridized carbons (Fsp3) is 0.786. The number of amides is 1. The topological polar surface area (TPSA) is 94.9 Å².